The minimum absolute atomic E-state index is 0.405. The molecule has 1 aliphatic carbocycles. The summed E-state index contributed by atoms with van der Waals surface area (Å²) < 4.78 is 20.7. The Kier molecular flexibility index (Phi) is 4.52. The van der Waals surface area contributed by atoms with Crippen molar-refractivity contribution in [3.8, 4) is 0 Å². The van der Waals surface area contributed by atoms with Crippen LogP contribution in [-0.4, -0.2) is 56.6 Å². The molecule has 104 valence electrons. The van der Waals surface area contributed by atoms with Gasteiger partial charge in [-0.25, -0.2) is 0 Å². The normalized spacial score (nSPS) is 38.7. The molecule has 0 spiro atoms. The highest BCUT2D eigenvalue weighted by Crippen LogP contribution is 2.29. The molecule has 2 unspecified atom stereocenters. The van der Waals surface area contributed by atoms with Gasteiger partial charge in [-0.1, -0.05) is 0 Å². The van der Waals surface area contributed by atoms with Gasteiger partial charge in [-0.15, -0.1) is 0 Å². The van der Waals surface area contributed by atoms with Crippen LogP contribution in [0.1, 0.15) is 25.7 Å². The molecular formula is C14H25O4+. The SMILES string of the molecule is C1CC(COCC2C[OH+]2)CCC1COCC1CO1. The largest absolute Gasteiger partial charge is 0.418 e. The summed E-state index contributed by atoms with van der Waals surface area (Å²) in [5.74, 6) is 1.53. The van der Waals surface area contributed by atoms with Gasteiger partial charge in [0.25, 0.3) is 0 Å². The van der Waals surface area contributed by atoms with Crippen molar-refractivity contribution < 1.29 is 18.9 Å². The number of ether oxygens (including phenoxy) is 4. The monoisotopic (exact) mass is 257 g/mol. The van der Waals surface area contributed by atoms with Crippen molar-refractivity contribution in [1.82, 2.24) is 0 Å². The van der Waals surface area contributed by atoms with E-state index in [0.717, 1.165) is 51.5 Å². The summed E-state index contributed by atoms with van der Waals surface area (Å²) in [7, 11) is 0. The molecule has 0 amide bonds. The summed E-state index contributed by atoms with van der Waals surface area (Å²) in [5, 5.41) is 0. The minimum Gasteiger partial charge on any atom is -0.418 e. The van der Waals surface area contributed by atoms with Crippen LogP contribution in [0, 0.1) is 11.8 Å². The summed E-state index contributed by atoms with van der Waals surface area (Å²) in [6.07, 6.45) is 6.13. The van der Waals surface area contributed by atoms with Gasteiger partial charge in [0, 0.05) is 13.2 Å². The van der Waals surface area contributed by atoms with E-state index in [0.29, 0.717) is 12.2 Å². The second-order valence-corrected chi connectivity index (χ2v) is 5.94. The summed E-state index contributed by atoms with van der Waals surface area (Å²) in [6, 6.07) is 0. The van der Waals surface area contributed by atoms with E-state index in [9.17, 15) is 0 Å². The molecule has 0 aromatic heterocycles. The summed E-state index contributed by atoms with van der Waals surface area (Å²) in [4.78, 5) is 0. The van der Waals surface area contributed by atoms with E-state index in [1.807, 2.05) is 0 Å². The van der Waals surface area contributed by atoms with Crippen molar-refractivity contribution in [2.45, 2.75) is 37.9 Å². The summed E-state index contributed by atoms with van der Waals surface area (Å²) in [6.45, 7) is 5.44. The van der Waals surface area contributed by atoms with E-state index in [2.05, 4.69) is 4.74 Å². The van der Waals surface area contributed by atoms with Crippen LogP contribution in [-0.2, 0) is 14.2 Å². The minimum atomic E-state index is 0.405. The van der Waals surface area contributed by atoms with Crippen molar-refractivity contribution >= 4 is 0 Å². The fourth-order valence-electron chi connectivity index (χ4n) is 2.65. The quantitative estimate of drug-likeness (QED) is 0.484. The van der Waals surface area contributed by atoms with E-state index >= 15 is 0 Å². The molecule has 2 saturated heterocycles. The number of hydrogen-bond donors (Lipinski definition) is 0. The average molecular weight is 257 g/mol. The third kappa shape index (κ3) is 4.50. The lowest BCUT2D eigenvalue weighted by Crippen LogP contribution is -2.23. The predicted octanol–water partition coefficient (Wildman–Crippen LogP) is 1.13. The van der Waals surface area contributed by atoms with E-state index in [-0.39, 0.29) is 0 Å². The topological polar surface area (TPSA) is 43.8 Å². The maximum absolute atomic E-state index is 5.71. The molecule has 18 heavy (non-hydrogen) atoms. The lowest BCUT2D eigenvalue weighted by Gasteiger charge is -2.28. The van der Waals surface area contributed by atoms with Gasteiger partial charge in [-0.2, -0.15) is 0 Å². The highest BCUT2D eigenvalue weighted by molar-refractivity contribution is 4.74. The maximum Gasteiger partial charge on any atom is 0.248 e. The zero-order valence-corrected chi connectivity index (χ0v) is 11.1. The highest BCUT2D eigenvalue weighted by Gasteiger charge is 2.31. The highest BCUT2D eigenvalue weighted by atomic mass is 16.6. The Hall–Kier alpha value is -0.160. The molecule has 2 aliphatic heterocycles. The van der Waals surface area contributed by atoms with Crippen LogP contribution in [0.25, 0.3) is 0 Å². The van der Waals surface area contributed by atoms with Crippen LogP contribution < -0.4 is 0 Å². The third-order valence-electron chi connectivity index (χ3n) is 4.13. The first kappa shape index (κ1) is 12.9. The van der Waals surface area contributed by atoms with Gasteiger partial charge in [0.15, 0.2) is 0 Å². The molecular weight excluding hydrogens is 232 g/mol. The molecule has 0 bridgehead atoms. The lowest BCUT2D eigenvalue weighted by molar-refractivity contribution is 0.0327. The first-order valence-electron chi connectivity index (χ1n) is 7.34. The third-order valence-corrected chi connectivity index (χ3v) is 4.13. The van der Waals surface area contributed by atoms with Crippen LogP contribution in [0.2, 0.25) is 0 Å². The number of rotatable bonds is 8. The Morgan fingerprint density at radius 2 is 1.44 bits per heavy atom. The molecule has 2 atom stereocenters. The molecule has 3 aliphatic rings. The Labute approximate surface area is 109 Å². The number of aliphatic hydroxyl groups is 2. The van der Waals surface area contributed by atoms with E-state index in [4.69, 9.17) is 14.2 Å². The molecule has 3 fully saturated rings. The van der Waals surface area contributed by atoms with Crippen LogP contribution in [0.4, 0.5) is 0 Å². The van der Waals surface area contributed by atoms with Crippen molar-refractivity contribution in [2.24, 2.45) is 11.8 Å². The molecule has 1 saturated carbocycles. The Morgan fingerprint density at radius 1 is 0.889 bits per heavy atom. The molecule has 0 aromatic carbocycles. The smallest absolute Gasteiger partial charge is 0.248 e. The van der Waals surface area contributed by atoms with Gasteiger partial charge in [0.05, 0.1) is 13.2 Å². The van der Waals surface area contributed by atoms with Gasteiger partial charge in [-0.3, -0.25) is 0 Å². The first-order chi connectivity index (χ1) is 8.90. The maximum atomic E-state index is 5.71. The van der Waals surface area contributed by atoms with Crippen LogP contribution >= 0.6 is 0 Å². The van der Waals surface area contributed by atoms with Gasteiger partial charge >= 0.3 is 0 Å². The number of epoxide rings is 2. The van der Waals surface area contributed by atoms with Gasteiger partial charge in [0.1, 0.15) is 12.7 Å². The second-order valence-electron chi connectivity index (χ2n) is 5.94. The van der Waals surface area contributed by atoms with Crippen molar-refractivity contribution in [1.29, 1.82) is 0 Å². The summed E-state index contributed by atoms with van der Waals surface area (Å²) >= 11 is 0. The van der Waals surface area contributed by atoms with E-state index in [1.165, 1.54) is 25.7 Å². The second kappa shape index (κ2) is 6.33. The summed E-state index contributed by atoms with van der Waals surface area (Å²) in [5.41, 5.74) is 0. The zero-order chi connectivity index (χ0) is 12.2. The zero-order valence-electron chi connectivity index (χ0n) is 11.1. The van der Waals surface area contributed by atoms with Crippen LogP contribution in [0.5, 0.6) is 0 Å². The van der Waals surface area contributed by atoms with Crippen molar-refractivity contribution in [3.63, 3.8) is 0 Å². The van der Waals surface area contributed by atoms with Gasteiger partial charge < -0.3 is 18.9 Å². The molecule has 2 heterocycles. The molecule has 3 rings (SSSR count). The van der Waals surface area contributed by atoms with Gasteiger partial charge in [0.2, 0.25) is 12.7 Å². The molecule has 0 aromatic rings. The van der Waals surface area contributed by atoms with Crippen LogP contribution in [0.15, 0.2) is 0 Å². The number of hydrogen-bond acceptors (Lipinski definition) is 3. The van der Waals surface area contributed by atoms with Crippen LogP contribution in [0.3, 0.4) is 0 Å². The standard InChI is InChI=1S/C14H24O4/c1-2-12(6-16-8-14-10-18-14)4-3-11(1)5-15-7-13-9-17-13/h11-14H,1-10H2/p+1. The fourth-order valence-corrected chi connectivity index (χ4v) is 2.65. The lowest BCUT2D eigenvalue weighted by atomic mass is 9.83. The molecule has 4 nitrogen and oxygen atoms in total. The van der Waals surface area contributed by atoms with E-state index < -0.39 is 0 Å². The Bertz CT molecular complexity index is 216. The molecule has 0 radical (unpaired) electrons. The first-order valence-corrected chi connectivity index (χ1v) is 7.34. The predicted molar refractivity (Wildman–Crippen MR) is 67.7 cm³/mol. The van der Waals surface area contributed by atoms with Crippen molar-refractivity contribution in [2.75, 3.05) is 39.6 Å². The Morgan fingerprint density at radius 3 is 1.94 bits per heavy atom. The molecule has 1 N–H and O–H groups in total. The van der Waals surface area contributed by atoms with E-state index in [1.54, 1.807) is 0 Å². The molecule has 4 heteroatoms. The fraction of sp³-hybridized carbons (Fsp3) is 1.00. The van der Waals surface area contributed by atoms with Crippen molar-refractivity contribution in [3.05, 3.63) is 0 Å². The van der Waals surface area contributed by atoms with Gasteiger partial charge in [-0.05, 0) is 37.5 Å². The average Bonchev–Trinajstić information content (AvgIpc) is 3.25. The Balaban J connectivity index is 1.21.